The highest BCUT2D eigenvalue weighted by atomic mass is 19.1. The van der Waals surface area contributed by atoms with Crippen LogP contribution in [0.1, 0.15) is 24.3 Å². The zero-order chi connectivity index (χ0) is 13.0. The zero-order valence-electron chi connectivity index (χ0n) is 9.71. The number of rotatable bonds is 2. The minimum absolute atomic E-state index is 0.133. The van der Waals surface area contributed by atoms with E-state index in [4.69, 9.17) is 5.53 Å². The molecule has 0 unspecified atom stereocenters. The molecule has 5 nitrogen and oxygen atoms in total. The summed E-state index contributed by atoms with van der Waals surface area (Å²) in [4.78, 5) is 14.3. The zero-order valence-corrected chi connectivity index (χ0v) is 9.71. The Bertz CT molecular complexity index is 481. The van der Waals surface area contributed by atoms with Crippen LogP contribution in [0.3, 0.4) is 0 Å². The molecule has 1 aliphatic rings. The van der Waals surface area contributed by atoms with E-state index in [1.807, 2.05) is 0 Å². The summed E-state index contributed by atoms with van der Waals surface area (Å²) < 4.78 is 12.8. The molecule has 2 rings (SSSR count). The highest BCUT2D eigenvalue weighted by Gasteiger charge is 2.24. The molecule has 0 radical (unpaired) electrons. The third-order valence-corrected chi connectivity index (χ3v) is 3.15. The Morgan fingerprint density at radius 3 is 2.72 bits per heavy atom. The summed E-state index contributed by atoms with van der Waals surface area (Å²) in [5.41, 5.74) is 9.36. The van der Waals surface area contributed by atoms with Gasteiger partial charge < -0.3 is 5.32 Å². The lowest BCUT2D eigenvalue weighted by atomic mass is 9.94. The van der Waals surface area contributed by atoms with Crippen molar-refractivity contribution in [2.24, 2.45) is 5.11 Å². The summed E-state index contributed by atoms with van der Waals surface area (Å²) in [6, 6.07) is 5.63. The molecule has 1 aromatic carbocycles. The Kier molecular flexibility index (Phi) is 3.79. The van der Waals surface area contributed by atoms with Crippen LogP contribution in [-0.2, 0) is 4.79 Å². The van der Waals surface area contributed by atoms with Gasteiger partial charge >= 0.3 is 0 Å². The first-order valence-electron chi connectivity index (χ1n) is 5.78. The highest BCUT2D eigenvalue weighted by molar-refractivity contribution is 5.82. The number of hydrogen-bond acceptors (Lipinski definition) is 2. The van der Waals surface area contributed by atoms with Gasteiger partial charge in [-0.3, -0.25) is 4.79 Å². The van der Waals surface area contributed by atoms with Crippen molar-refractivity contribution in [2.75, 3.05) is 6.54 Å². The van der Waals surface area contributed by atoms with E-state index in [9.17, 15) is 9.18 Å². The summed E-state index contributed by atoms with van der Waals surface area (Å²) in [7, 11) is 0. The molecule has 1 amide bonds. The third kappa shape index (κ3) is 2.78. The lowest BCUT2D eigenvalue weighted by Crippen LogP contribution is -2.32. The van der Waals surface area contributed by atoms with E-state index in [0.29, 0.717) is 13.0 Å². The average molecular weight is 248 g/mol. The number of hydrogen-bond donors (Lipinski definition) is 1. The fourth-order valence-electron chi connectivity index (χ4n) is 2.13. The first-order valence-corrected chi connectivity index (χ1v) is 5.78. The minimum atomic E-state index is -0.638. The summed E-state index contributed by atoms with van der Waals surface area (Å²) in [6.45, 7) is 0.488. The maximum Gasteiger partial charge on any atom is 0.229 e. The van der Waals surface area contributed by atoms with E-state index in [-0.39, 0.29) is 17.6 Å². The summed E-state index contributed by atoms with van der Waals surface area (Å²) in [5.74, 6) is -0.380. The Balaban J connectivity index is 2.11. The molecule has 0 aromatic heterocycles. The monoisotopic (exact) mass is 248 g/mol. The van der Waals surface area contributed by atoms with Gasteiger partial charge in [0.1, 0.15) is 11.9 Å². The molecule has 0 spiro atoms. The van der Waals surface area contributed by atoms with Gasteiger partial charge in [0.2, 0.25) is 5.91 Å². The Morgan fingerprint density at radius 2 is 2.06 bits per heavy atom. The molecule has 94 valence electrons. The average Bonchev–Trinajstić information content (AvgIpc) is 2.55. The predicted molar refractivity (Wildman–Crippen MR) is 64.3 cm³/mol. The van der Waals surface area contributed by atoms with Crippen molar-refractivity contribution in [3.63, 3.8) is 0 Å². The van der Waals surface area contributed by atoms with E-state index >= 15 is 0 Å². The first-order chi connectivity index (χ1) is 8.70. The highest BCUT2D eigenvalue weighted by Crippen LogP contribution is 2.24. The van der Waals surface area contributed by atoms with Crippen molar-refractivity contribution < 1.29 is 9.18 Å². The lowest BCUT2D eigenvalue weighted by Gasteiger charge is -2.14. The van der Waals surface area contributed by atoms with Crippen molar-refractivity contribution >= 4 is 5.91 Å². The molecule has 1 saturated heterocycles. The molecular formula is C12H13FN4O. The molecule has 1 aromatic rings. The van der Waals surface area contributed by atoms with Crippen LogP contribution in [0.4, 0.5) is 4.39 Å². The van der Waals surface area contributed by atoms with E-state index in [1.54, 1.807) is 12.1 Å². The van der Waals surface area contributed by atoms with Gasteiger partial charge in [0.15, 0.2) is 0 Å². The standard InChI is InChI=1S/C12H13FN4O/c13-10-4-1-8(2-5-10)9-3-6-11(16-17-14)12(18)15-7-9/h1-2,4-5,9,11H,3,6-7H2,(H,15,18)/t9-,11-/m0/s1. The second kappa shape index (κ2) is 5.51. The third-order valence-electron chi connectivity index (χ3n) is 3.15. The van der Waals surface area contributed by atoms with Gasteiger partial charge in [0.05, 0.1) is 0 Å². The molecule has 1 aliphatic heterocycles. The molecule has 0 saturated carbocycles. The predicted octanol–water partition coefficient (Wildman–Crippen LogP) is 2.50. The van der Waals surface area contributed by atoms with E-state index < -0.39 is 6.04 Å². The number of nitrogens with zero attached hydrogens (tertiary/aromatic N) is 3. The summed E-state index contributed by atoms with van der Waals surface area (Å²) >= 11 is 0. The first kappa shape index (κ1) is 12.4. The van der Waals surface area contributed by atoms with Crippen LogP contribution >= 0.6 is 0 Å². The quantitative estimate of drug-likeness (QED) is 0.487. The van der Waals surface area contributed by atoms with Crippen LogP contribution in [0.15, 0.2) is 29.4 Å². The number of amides is 1. The van der Waals surface area contributed by atoms with E-state index in [2.05, 4.69) is 15.3 Å². The van der Waals surface area contributed by atoms with E-state index in [0.717, 1.165) is 12.0 Å². The number of carbonyl (C=O) groups is 1. The summed E-state index contributed by atoms with van der Waals surface area (Å²) in [5, 5.41) is 6.22. The Morgan fingerprint density at radius 1 is 1.33 bits per heavy atom. The van der Waals surface area contributed by atoms with Crippen molar-refractivity contribution in [3.8, 4) is 0 Å². The van der Waals surface area contributed by atoms with Gasteiger partial charge in [-0.05, 0) is 36.1 Å². The maximum atomic E-state index is 12.8. The molecule has 0 bridgehead atoms. The molecular weight excluding hydrogens is 235 g/mol. The normalized spacial score (nSPS) is 23.7. The largest absolute Gasteiger partial charge is 0.355 e. The number of azide groups is 1. The van der Waals surface area contributed by atoms with Gasteiger partial charge in [-0.25, -0.2) is 4.39 Å². The van der Waals surface area contributed by atoms with E-state index in [1.165, 1.54) is 12.1 Å². The van der Waals surface area contributed by atoms with Crippen LogP contribution in [0.25, 0.3) is 10.4 Å². The van der Waals surface area contributed by atoms with Crippen LogP contribution in [0.2, 0.25) is 0 Å². The Hall–Kier alpha value is -2.07. The van der Waals surface area contributed by atoms with Gasteiger partial charge in [-0.1, -0.05) is 17.2 Å². The topological polar surface area (TPSA) is 77.9 Å². The molecule has 1 fully saturated rings. The van der Waals surface area contributed by atoms with Crippen molar-refractivity contribution in [2.45, 2.75) is 24.8 Å². The van der Waals surface area contributed by atoms with Gasteiger partial charge in [-0.15, -0.1) is 0 Å². The number of benzene rings is 1. The van der Waals surface area contributed by atoms with Crippen LogP contribution < -0.4 is 5.32 Å². The number of carbonyl (C=O) groups excluding carboxylic acids is 1. The van der Waals surface area contributed by atoms with Gasteiger partial charge in [0.25, 0.3) is 0 Å². The van der Waals surface area contributed by atoms with Crippen molar-refractivity contribution in [3.05, 3.63) is 46.1 Å². The lowest BCUT2D eigenvalue weighted by molar-refractivity contribution is -0.122. The van der Waals surface area contributed by atoms with Crippen LogP contribution in [-0.4, -0.2) is 18.5 Å². The Labute approximate surface area is 104 Å². The second-order valence-electron chi connectivity index (χ2n) is 4.29. The molecule has 1 heterocycles. The molecule has 6 heteroatoms. The fourth-order valence-corrected chi connectivity index (χ4v) is 2.13. The minimum Gasteiger partial charge on any atom is -0.355 e. The van der Waals surface area contributed by atoms with Gasteiger partial charge in [0, 0.05) is 17.4 Å². The fraction of sp³-hybridized carbons (Fsp3) is 0.417. The van der Waals surface area contributed by atoms with Crippen LogP contribution in [0.5, 0.6) is 0 Å². The smallest absolute Gasteiger partial charge is 0.229 e. The molecule has 18 heavy (non-hydrogen) atoms. The SMILES string of the molecule is [N-]=[N+]=N[C@H]1CC[C@H](c2ccc(F)cc2)CNC1=O. The number of halogens is 1. The maximum absolute atomic E-state index is 12.8. The summed E-state index contributed by atoms with van der Waals surface area (Å²) in [6.07, 6.45) is 1.24. The molecule has 0 aliphatic carbocycles. The van der Waals surface area contributed by atoms with Gasteiger partial charge in [-0.2, -0.15) is 0 Å². The second-order valence-corrected chi connectivity index (χ2v) is 4.29. The van der Waals surface area contributed by atoms with Crippen molar-refractivity contribution in [1.29, 1.82) is 0 Å². The van der Waals surface area contributed by atoms with Crippen molar-refractivity contribution in [1.82, 2.24) is 5.32 Å². The molecule has 1 N–H and O–H groups in total. The van der Waals surface area contributed by atoms with Crippen LogP contribution in [0, 0.1) is 5.82 Å². The number of nitrogens with one attached hydrogen (secondary N) is 1. The molecule has 2 atom stereocenters.